The highest BCUT2D eigenvalue weighted by molar-refractivity contribution is 9.10. The number of amides is 1. The second kappa shape index (κ2) is 5.00. The predicted molar refractivity (Wildman–Crippen MR) is 54.6 cm³/mol. The largest absolute Gasteiger partial charge is 0.350 e. The molecule has 68 valence electrons. The molecule has 0 aliphatic heterocycles. The third-order valence-corrected chi connectivity index (χ3v) is 3.18. The van der Waals surface area contributed by atoms with Crippen LogP contribution in [0.1, 0.15) is 16.1 Å². The van der Waals surface area contributed by atoms with Crippen LogP contribution >= 0.6 is 27.3 Å². The zero-order chi connectivity index (χ0) is 9.68. The van der Waals surface area contributed by atoms with Gasteiger partial charge in [0.15, 0.2) is 0 Å². The summed E-state index contributed by atoms with van der Waals surface area (Å²) in [6.45, 7) is 0.402. The third-order valence-electron chi connectivity index (χ3n) is 1.35. The van der Waals surface area contributed by atoms with Crippen LogP contribution in [0.4, 0.5) is 0 Å². The Labute approximate surface area is 88.5 Å². The molecule has 13 heavy (non-hydrogen) atoms. The number of rotatable bonds is 3. The monoisotopic (exact) mass is 258 g/mol. The number of nitrogens with one attached hydrogen (secondary N) is 1. The number of hydrogen-bond acceptors (Lipinski definition) is 3. The summed E-state index contributed by atoms with van der Waals surface area (Å²) < 4.78 is 0.798. The maximum Gasteiger partial charge on any atom is 0.262 e. The van der Waals surface area contributed by atoms with Gasteiger partial charge in [-0.15, -0.1) is 11.3 Å². The number of nitrogens with zero attached hydrogens (tertiary/aromatic N) is 1. The second-order valence-corrected chi connectivity index (χ2v) is 4.03. The van der Waals surface area contributed by atoms with Crippen molar-refractivity contribution in [3.05, 3.63) is 20.8 Å². The topological polar surface area (TPSA) is 52.9 Å². The van der Waals surface area contributed by atoms with Crippen molar-refractivity contribution in [1.82, 2.24) is 5.32 Å². The minimum atomic E-state index is -0.128. The maximum atomic E-state index is 11.4. The molecule has 0 spiro atoms. The van der Waals surface area contributed by atoms with Gasteiger partial charge in [-0.2, -0.15) is 5.26 Å². The van der Waals surface area contributed by atoms with E-state index in [-0.39, 0.29) is 5.91 Å². The van der Waals surface area contributed by atoms with Crippen LogP contribution in [0.3, 0.4) is 0 Å². The highest BCUT2D eigenvalue weighted by atomic mass is 79.9. The van der Waals surface area contributed by atoms with Crippen LogP contribution in [-0.2, 0) is 0 Å². The molecule has 0 saturated heterocycles. The van der Waals surface area contributed by atoms with Gasteiger partial charge in [0.25, 0.3) is 5.91 Å². The van der Waals surface area contributed by atoms with Crippen molar-refractivity contribution < 1.29 is 4.79 Å². The highest BCUT2D eigenvalue weighted by Gasteiger charge is 2.09. The molecule has 0 unspecified atom stereocenters. The quantitative estimate of drug-likeness (QED) is 0.845. The van der Waals surface area contributed by atoms with E-state index in [1.54, 1.807) is 0 Å². The molecule has 0 radical (unpaired) electrons. The molecule has 0 aliphatic carbocycles. The van der Waals surface area contributed by atoms with Gasteiger partial charge in [0.05, 0.1) is 12.5 Å². The molecule has 0 fully saturated rings. The van der Waals surface area contributed by atoms with Crippen LogP contribution in [0.5, 0.6) is 0 Å². The molecule has 1 amide bonds. The minimum Gasteiger partial charge on any atom is -0.350 e. The van der Waals surface area contributed by atoms with Crippen molar-refractivity contribution >= 4 is 33.2 Å². The molecular weight excluding hydrogens is 252 g/mol. The summed E-state index contributed by atoms with van der Waals surface area (Å²) in [5.41, 5.74) is 0. The van der Waals surface area contributed by atoms with E-state index in [0.29, 0.717) is 17.8 Å². The lowest BCUT2D eigenvalue weighted by molar-refractivity contribution is 0.0958. The summed E-state index contributed by atoms with van der Waals surface area (Å²) in [6, 6.07) is 3.78. The molecule has 1 N–H and O–H groups in total. The molecule has 0 saturated carbocycles. The van der Waals surface area contributed by atoms with Crippen molar-refractivity contribution in [3.63, 3.8) is 0 Å². The van der Waals surface area contributed by atoms with Gasteiger partial charge in [-0.25, -0.2) is 0 Å². The van der Waals surface area contributed by atoms with Gasteiger partial charge in [-0.05, 0) is 27.4 Å². The van der Waals surface area contributed by atoms with E-state index in [9.17, 15) is 4.79 Å². The van der Waals surface area contributed by atoms with Crippen LogP contribution in [0.2, 0.25) is 0 Å². The minimum absolute atomic E-state index is 0.128. The highest BCUT2D eigenvalue weighted by Crippen LogP contribution is 2.22. The van der Waals surface area contributed by atoms with E-state index in [4.69, 9.17) is 5.26 Å². The Bertz CT molecular complexity index is 342. The lowest BCUT2D eigenvalue weighted by Gasteiger charge is -1.99. The maximum absolute atomic E-state index is 11.4. The summed E-state index contributed by atoms with van der Waals surface area (Å²) in [6.07, 6.45) is 0.342. The molecule has 0 aliphatic rings. The van der Waals surface area contributed by atoms with Crippen molar-refractivity contribution in [2.45, 2.75) is 6.42 Å². The number of carbonyl (C=O) groups is 1. The Morgan fingerprint density at radius 1 is 1.77 bits per heavy atom. The first-order chi connectivity index (χ1) is 6.25. The lowest BCUT2D eigenvalue weighted by atomic mass is 10.4. The first-order valence-electron chi connectivity index (χ1n) is 3.64. The van der Waals surface area contributed by atoms with Crippen molar-refractivity contribution in [2.75, 3.05) is 6.54 Å². The van der Waals surface area contributed by atoms with Gasteiger partial charge in [0.1, 0.15) is 4.88 Å². The Kier molecular flexibility index (Phi) is 3.93. The van der Waals surface area contributed by atoms with Crippen molar-refractivity contribution in [2.24, 2.45) is 0 Å². The summed E-state index contributed by atoms with van der Waals surface area (Å²) >= 11 is 4.63. The number of halogens is 1. The molecule has 1 rings (SSSR count). The molecule has 0 bridgehead atoms. The summed E-state index contributed by atoms with van der Waals surface area (Å²) in [7, 11) is 0. The Morgan fingerprint density at radius 2 is 2.54 bits per heavy atom. The SMILES string of the molecule is N#CCCNC(=O)c1sccc1Br. The van der Waals surface area contributed by atoms with E-state index in [1.807, 2.05) is 17.5 Å². The van der Waals surface area contributed by atoms with Crippen molar-refractivity contribution in [3.8, 4) is 6.07 Å². The average molecular weight is 259 g/mol. The first-order valence-corrected chi connectivity index (χ1v) is 5.31. The number of thiophene rings is 1. The van der Waals surface area contributed by atoms with Gasteiger partial charge in [-0.3, -0.25) is 4.79 Å². The molecule has 1 heterocycles. The fraction of sp³-hybridized carbons (Fsp3) is 0.250. The molecule has 1 aromatic rings. The summed E-state index contributed by atoms with van der Waals surface area (Å²) in [5, 5.41) is 12.7. The molecule has 0 atom stereocenters. The van der Waals surface area contributed by atoms with Gasteiger partial charge in [0, 0.05) is 11.0 Å². The fourth-order valence-electron chi connectivity index (χ4n) is 0.768. The molecule has 3 nitrogen and oxygen atoms in total. The summed E-state index contributed by atoms with van der Waals surface area (Å²) in [5.74, 6) is -0.128. The van der Waals surface area contributed by atoms with Gasteiger partial charge < -0.3 is 5.32 Å². The smallest absolute Gasteiger partial charge is 0.262 e. The zero-order valence-electron chi connectivity index (χ0n) is 6.71. The number of nitriles is 1. The van der Waals surface area contributed by atoms with Crippen LogP contribution in [-0.4, -0.2) is 12.5 Å². The number of hydrogen-bond donors (Lipinski definition) is 1. The zero-order valence-corrected chi connectivity index (χ0v) is 9.11. The van der Waals surface area contributed by atoms with E-state index < -0.39 is 0 Å². The van der Waals surface area contributed by atoms with E-state index in [0.717, 1.165) is 4.47 Å². The van der Waals surface area contributed by atoms with Crippen molar-refractivity contribution in [1.29, 1.82) is 5.26 Å². The Morgan fingerprint density at radius 3 is 3.08 bits per heavy atom. The number of carbonyl (C=O) groups excluding carboxylic acids is 1. The molecule has 5 heteroatoms. The van der Waals surface area contributed by atoms with Crippen LogP contribution in [0, 0.1) is 11.3 Å². The first kappa shape index (κ1) is 10.2. The lowest BCUT2D eigenvalue weighted by Crippen LogP contribution is -2.23. The average Bonchev–Trinajstić information content (AvgIpc) is 2.52. The Balaban J connectivity index is 2.50. The summed E-state index contributed by atoms with van der Waals surface area (Å²) in [4.78, 5) is 12.0. The standard InChI is InChI=1S/C8H7BrN2OS/c9-6-2-5-13-7(6)8(12)11-4-1-3-10/h2,5H,1,4H2,(H,11,12). The Hall–Kier alpha value is -0.860. The van der Waals surface area contributed by atoms with Gasteiger partial charge >= 0.3 is 0 Å². The normalized spacial score (nSPS) is 9.23. The van der Waals surface area contributed by atoms with Gasteiger partial charge in [0.2, 0.25) is 0 Å². The van der Waals surface area contributed by atoms with E-state index in [2.05, 4.69) is 21.2 Å². The van der Waals surface area contributed by atoms with E-state index >= 15 is 0 Å². The second-order valence-electron chi connectivity index (χ2n) is 2.26. The van der Waals surface area contributed by atoms with Crippen LogP contribution in [0.25, 0.3) is 0 Å². The van der Waals surface area contributed by atoms with Crippen LogP contribution < -0.4 is 5.32 Å². The predicted octanol–water partition coefficient (Wildman–Crippen LogP) is 2.15. The fourth-order valence-corrected chi connectivity index (χ4v) is 2.24. The molecule has 0 aromatic carbocycles. The van der Waals surface area contributed by atoms with Crippen LogP contribution in [0.15, 0.2) is 15.9 Å². The molecule has 1 aromatic heterocycles. The molecular formula is C8H7BrN2OS. The third kappa shape index (κ3) is 2.83. The van der Waals surface area contributed by atoms with E-state index in [1.165, 1.54) is 11.3 Å². The van der Waals surface area contributed by atoms with Gasteiger partial charge in [-0.1, -0.05) is 0 Å².